The molecular weight excluding hydrogens is 915 g/mol. The minimum atomic E-state index is -3.90. The Hall–Kier alpha value is -4.00. The molecule has 1 aromatic rings. The fourth-order valence-electron chi connectivity index (χ4n) is 7.57. The van der Waals surface area contributed by atoms with E-state index >= 15 is 0 Å². The van der Waals surface area contributed by atoms with Gasteiger partial charge in [0.2, 0.25) is 10.0 Å². The Morgan fingerprint density at radius 2 is 1.00 bits per heavy atom. The van der Waals surface area contributed by atoms with Gasteiger partial charge in [-0.1, -0.05) is 0 Å². The standard InChI is InChI=1S/C47H83N9O12S/c1-43(2,3)65-38(57)29-54-27-28-55(30-39(58)66-44(4,5)6)34-47(33-54,56(31-40(59)67-45(7,8)9)32-41(60)68-46(10,11)12)35-64-42(61)52-36-13-15-37(16-14-36)69(62,63)51-23-26-53-24-21-49-19-17-48-18-20-50-22-25-53/h13-16,48-51H,17-35H2,1-12H3,(H,52,61). The van der Waals surface area contributed by atoms with Gasteiger partial charge in [-0.05, 0) is 107 Å². The zero-order valence-corrected chi connectivity index (χ0v) is 44.2. The number of hydrogen-bond donors (Lipinski definition) is 5. The van der Waals surface area contributed by atoms with Gasteiger partial charge in [-0.2, -0.15) is 0 Å². The van der Waals surface area contributed by atoms with E-state index in [-0.39, 0.29) is 56.4 Å². The summed E-state index contributed by atoms with van der Waals surface area (Å²) >= 11 is 0. The van der Waals surface area contributed by atoms with Crippen LogP contribution < -0.4 is 26.0 Å². The van der Waals surface area contributed by atoms with Gasteiger partial charge in [-0.3, -0.25) is 44.1 Å². The van der Waals surface area contributed by atoms with Crippen LogP contribution in [-0.2, 0) is 52.9 Å². The molecule has 69 heavy (non-hydrogen) atoms. The van der Waals surface area contributed by atoms with Crippen molar-refractivity contribution in [1.82, 2.24) is 40.3 Å². The zero-order valence-electron chi connectivity index (χ0n) is 43.3. The SMILES string of the molecule is CC(C)(C)OC(=O)CN1CCN(CC(=O)OC(C)(C)C)CC(COC(=O)Nc2ccc(S(=O)(=O)NCCN3CCNCCNCCNCC3)cc2)(N(CC(=O)OC(C)(C)C)CC(=O)OC(C)(C)C)C1. The summed E-state index contributed by atoms with van der Waals surface area (Å²) in [5, 5.41) is 12.8. The molecule has 21 nitrogen and oxygen atoms in total. The molecule has 5 N–H and O–H groups in total. The van der Waals surface area contributed by atoms with Gasteiger partial charge >= 0.3 is 30.0 Å². The molecule has 2 saturated heterocycles. The number of nitrogens with one attached hydrogen (secondary N) is 5. The first-order valence-electron chi connectivity index (χ1n) is 23.9. The smallest absolute Gasteiger partial charge is 0.411 e. The summed E-state index contributed by atoms with van der Waals surface area (Å²) in [5.74, 6) is -2.47. The van der Waals surface area contributed by atoms with Crippen molar-refractivity contribution in [2.75, 3.05) is 130 Å². The van der Waals surface area contributed by atoms with Gasteiger partial charge in [0.25, 0.3) is 0 Å². The van der Waals surface area contributed by atoms with E-state index in [0.717, 1.165) is 52.4 Å². The molecule has 0 radical (unpaired) electrons. The van der Waals surface area contributed by atoms with Crippen molar-refractivity contribution in [2.45, 2.75) is 116 Å². The lowest BCUT2D eigenvalue weighted by molar-refractivity contribution is -0.167. The fourth-order valence-corrected chi connectivity index (χ4v) is 8.59. The maximum atomic E-state index is 13.8. The molecule has 1 amide bonds. The lowest BCUT2D eigenvalue weighted by Gasteiger charge is -2.45. The van der Waals surface area contributed by atoms with Crippen LogP contribution >= 0.6 is 0 Å². The highest BCUT2D eigenvalue weighted by atomic mass is 32.2. The lowest BCUT2D eigenvalue weighted by atomic mass is 9.95. The molecule has 2 aliphatic heterocycles. The molecule has 22 heteroatoms. The predicted molar refractivity (Wildman–Crippen MR) is 262 cm³/mol. The average molecular weight is 998 g/mol. The molecule has 0 bridgehead atoms. The van der Waals surface area contributed by atoms with Crippen molar-refractivity contribution < 1.29 is 56.1 Å². The van der Waals surface area contributed by atoms with E-state index in [2.05, 4.69) is 30.9 Å². The Labute approximate surface area is 410 Å². The van der Waals surface area contributed by atoms with E-state index in [9.17, 15) is 32.4 Å². The monoisotopic (exact) mass is 998 g/mol. The van der Waals surface area contributed by atoms with Gasteiger partial charge in [-0.25, -0.2) is 17.9 Å². The van der Waals surface area contributed by atoms with Crippen LogP contribution in [-0.4, -0.2) is 210 Å². The normalized spacial score (nSPS) is 17.9. The number of esters is 4. The summed E-state index contributed by atoms with van der Waals surface area (Å²) in [4.78, 5) is 75.3. The number of ether oxygens (including phenoxy) is 5. The molecule has 2 heterocycles. The highest BCUT2D eigenvalue weighted by Crippen LogP contribution is 2.26. The molecule has 0 spiro atoms. The van der Waals surface area contributed by atoms with E-state index in [4.69, 9.17) is 23.7 Å². The largest absolute Gasteiger partial charge is 0.459 e. The summed E-state index contributed by atoms with van der Waals surface area (Å²) in [6.45, 7) is 26.5. The number of carbonyl (C=O) groups excluding carboxylic acids is 5. The number of amides is 1. The zero-order chi connectivity index (χ0) is 51.7. The summed E-state index contributed by atoms with van der Waals surface area (Å²) in [7, 11) is -3.90. The van der Waals surface area contributed by atoms with Crippen molar-refractivity contribution in [3.63, 3.8) is 0 Å². The first-order valence-corrected chi connectivity index (χ1v) is 25.3. The Balaban J connectivity index is 1.94. The van der Waals surface area contributed by atoms with Gasteiger partial charge in [-0.15, -0.1) is 0 Å². The number of hydrogen-bond acceptors (Lipinski definition) is 19. The molecule has 2 aliphatic rings. The summed E-state index contributed by atoms with van der Waals surface area (Å²) < 4.78 is 58.2. The van der Waals surface area contributed by atoms with E-state index in [1.807, 2.05) is 0 Å². The number of anilines is 1. The van der Waals surface area contributed by atoms with Crippen LogP contribution in [0.2, 0.25) is 0 Å². The van der Waals surface area contributed by atoms with E-state index in [1.165, 1.54) is 29.2 Å². The quantitative estimate of drug-likeness (QED) is 0.110. The number of nitrogens with zero attached hydrogens (tertiary/aromatic N) is 4. The molecular formula is C47H83N9O12S. The third-order valence-corrected chi connectivity index (χ3v) is 11.7. The van der Waals surface area contributed by atoms with Crippen LogP contribution in [0.15, 0.2) is 29.2 Å². The van der Waals surface area contributed by atoms with Gasteiger partial charge in [0, 0.05) is 97.3 Å². The first-order chi connectivity index (χ1) is 31.9. The Morgan fingerprint density at radius 3 is 1.42 bits per heavy atom. The number of sulfonamides is 1. The summed E-state index contributed by atoms with van der Waals surface area (Å²) in [6, 6.07) is 5.61. The number of carbonyl (C=O) groups is 5. The number of rotatable bonds is 17. The topological polar surface area (TPSA) is 239 Å². The van der Waals surface area contributed by atoms with E-state index in [0.29, 0.717) is 6.54 Å². The molecule has 0 saturated carbocycles. The van der Waals surface area contributed by atoms with Crippen LogP contribution in [0.25, 0.3) is 0 Å². The number of benzene rings is 1. The van der Waals surface area contributed by atoms with E-state index in [1.54, 1.807) is 92.9 Å². The van der Waals surface area contributed by atoms with Crippen molar-refractivity contribution >= 4 is 45.7 Å². The third-order valence-electron chi connectivity index (χ3n) is 10.2. The maximum absolute atomic E-state index is 13.8. The average Bonchev–Trinajstić information content (AvgIpc) is 3.34. The van der Waals surface area contributed by atoms with Crippen molar-refractivity contribution in [1.29, 1.82) is 0 Å². The molecule has 0 aliphatic carbocycles. The lowest BCUT2D eigenvalue weighted by Crippen LogP contribution is -2.65. The molecule has 1 aromatic carbocycles. The van der Waals surface area contributed by atoms with Crippen molar-refractivity contribution in [3.05, 3.63) is 24.3 Å². The van der Waals surface area contributed by atoms with Crippen molar-refractivity contribution in [2.24, 2.45) is 0 Å². The van der Waals surface area contributed by atoms with Crippen LogP contribution in [0, 0.1) is 0 Å². The fraction of sp³-hybridized carbons (Fsp3) is 0.766. The van der Waals surface area contributed by atoms with E-state index < -0.39 is 87.6 Å². The second-order valence-electron chi connectivity index (χ2n) is 21.6. The Bertz CT molecular complexity index is 1850. The highest BCUT2D eigenvalue weighted by Gasteiger charge is 2.47. The maximum Gasteiger partial charge on any atom is 0.411 e. The van der Waals surface area contributed by atoms with Crippen LogP contribution in [0.3, 0.4) is 0 Å². The third kappa shape index (κ3) is 24.6. The summed E-state index contributed by atoms with van der Waals surface area (Å²) in [6.07, 6.45) is -0.939. The van der Waals surface area contributed by atoms with Crippen LogP contribution in [0.4, 0.5) is 10.5 Å². The van der Waals surface area contributed by atoms with Gasteiger partial charge in [0.15, 0.2) is 0 Å². The minimum absolute atomic E-state index is 0.00145. The molecule has 0 unspecified atom stereocenters. The highest BCUT2D eigenvalue weighted by molar-refractivity contribution is 7.89. The predicted octanol–water partition coefficient (Wildman–Crippen LogP) is 1.62. The van der Waals surface area contributed by atoms with Gasteiger partial charge < -0.3 is 39.6 Å². The second kappa shape index (κ2) is 26.4. The van der Waals surface area contributed by atoms with Gasteiger partial charge in [0.05, 0.1) is 36.6 Å². The van der Waals surface area contributed by atoms with Crippen molar-refractivity contribution in [3.8, 4) is 0 Å². The molecule has 2 fully saturated rings. The molecule has 3 rings (SSSR count). The molecule has 0 atom stereocenters. The van der Waals surface area contributed by atoms with Crippen LogP contribution in [0.1, 0.15) is 83.1 Å². The molecule has 394 valence electrons. The second-order valence-corrected chi connectivity index (χ2v) is 23.3. The molecule has 0 aromatic heterocycles. The minimum Gasteiger partial charge on any atom is -0.459 e. The summed E-state index contributed by atoms with van der Waals surface area (Å²) in [5.41, 5.74) is -4.69. The first kappa shape index (κ1) is 59.3. The Morgan fingerprint density at radius 1 is 0.594 bits per heavy atom. The Kier molecular flexibility index (Phi) is 22.7. The van der Waals surface area contributed by atoms with Gasteiger partial charge in [0.1, 0.15) is 29.0 Å². The van der Waals surface area contributed by atoms with Crippen LogP contribution in [0.5, 0.6) is 0 Å².